The van der Waals surface area contributed by atoms with Gasteiger partial charge in [0.25, 0.3) is 5.91 Å². The van der Waals surface area contributed by atoms with Crippen LogP contribution in [0, 0.1) is 0 Å². The number of rotatable bonds is 4. The van der Waals surface area contributed by atoms with Gasteiger partial charge in [0, 0.05) is 11.9 Å². The minimum absolute atomic E-state index is 0.239. The smallest absolute Gasteiger partial charge is 0.411 e. The molecule has 0 bridgehead atoms. The number of halogens is 1. The van der Waals surface area contributed by atoms with Gasteiger partial charge in [0.15, 0.2) is 0 Å². The zero-order valence-electron chi connectivity index (χ0n) is 9.33. The molecule has 1 aromatic rings. The van der Waals surface area contributed by atoms with Gasteiger partial charge in [-0.1, -0.05) is 28.1 Å². The maximum Gasteiger partial charge on any atom is 0.411 e. The summed E-state index contributed by atoms with van der Waals surface area (Å²) in [5, 5.41) is 5.86. The van der Waals surface area contributed by atoms with E-state index in [0.717, 1.165) is 0 Å². The summed E-state index contributed by atoms with van der Waals surface area (Å²) in [5.74, 6) is -0.239. The molecule has 0 aliphatic heterocycles. The molecule has 0 saturated carbocycles. The lowest BCUT2D eigenvalue weighted by molar-refractivity contribution is 0.0957. The van der Waals surface area contributed by atoms with E-state index in [9.17, 15) is 9.59 Å². The van der Waals surface area contributed by atoms with Gasteiger partial charge in [-0.15, -0.1) is 0 Å². The molecule has 0 atom stereocenters. The van der Waals surface area contributed by atoms with Gasteiger partial charge in [0.2, 0.25) is 0 Å². The van der Waals surface area contributed by atoms with E-state index in [2.05, 4.69) is 31.3 Å². The summed E-state index contributed by atoms with van der Waals surface area (Å²) in [6, 6.07) is 6.73. The number of alkyl halides is 1. The first kappa shape index (κ1) is 13.5. The maximum absolute atomic E-state index is 11.8. The van der Waals surface area contributed by atoms with Gasteiger partial charge in [-0.3, -0.25) is 10.1 Å². The Kier molecular flexibility index (Phi) is 5.48. The molecule has 0 aliphatic carbocycles. The minimum Gasteiger partial charge on any atom is -0.453 e. The third-order valence-corrected chi connectivity index (χ3v) is 2.37. The summed E-state index contributed by atoms with van der Waals surface area (Å²) in [5.41, 5.74) is 0.824. The molecular weight excluding hydrogens is 288 g/mol. The van der Waals surface area contributed by atoms with Crippen molar-refractivity contribution in [2.24, 2.45) is 0 Å². The van der Waals surface area contributed by atoms with Crippen molar-refractivity contribution in [3.63, 3.8) is 0 Å². The van der Waals surface area contributed by atoms with Gasteiger partial charge in [0.05, 0.1) is 18.4 Å². The lowest BCUT2D eigenvalue weighted by Gasteiger charge is -2.09. The zero-order chi connectivity index (χ0) is 12.7. The predicted octanol–water partition coefficient (Wildman–Crippen LogP) is 1.99. The Morgan fingerprint density at radius 3 is 2.71 bits per heavy atom. The topological polar surface area (TPSA) is 67.4 Å². The Bertz CT molecular complexity index is 409. The Morgan fingerprint density at radius 2 is 2.06 bits per heavy atom. The number of nitrogens with one attached hydrogen (secondary N) is 2. The third kappa shape index (κ3) is 4.07. The van der Waals surface area contributed by atoms with E-state index in [0.29, 0.717) is 23.1 Å². The van der Waals surface area contributed by atoms with Crippen LogP contribution in [0.4, 0.5) is 10.5 Å². The summed E-state index contributed by atoms with van der Waals surface area (Å²) in [7, 11) is 1.27. The van der Waals surface area contributed by atoms with Crippen molar-refractivity contribution in [3.8, 4) is 0 Å². The van der Waals surface area contributed by atoms with Crippen molar-refractivity contribution in [2.75, 3.05) is 24.3 Å². The second-order valence-electron chi connectivity index (χ2n) is 3.11. The van der Waals surface area contributed by atoms with Gasteiger partial charge in [-0.2, -0.15) is 0 Å². The van der Waals surface area contributed by atoms with Gasteiger partial charge in [-0.05, 0) is 12.1 Å². The van der Waals surface area contributed by atoms with Crippen molar-refractivity contribution < 1.29 is 14.3 Å². The summed E-state index contributed by atoms with van der Waals surface area (Å²) < 4.78 is 4.48. The second-order valence-corrected chi connectivity index (χ2v) is 3.90. The molecule has 2 amide bonds. The number of para-hydroxylation sites is 1. The third-order valence-electron chi connectivity index (χ3n) is 1.97. The average molecular weight is 301 g/mol. The van der Waals surface area contributed by atoms with Crippen LogP contribution in [0.1, 0.15) is 10.4 Å². The standard InChI is InChI=1S/C11H13BrN2O3/c1-17-11(16)14-9-5-3-2-4-8(9)10(15)13-7-6-12/h2-5H,6-7H2,1H3,(H,13,15)(H,14,16). The lowest BCUT2D eigenvalue weighted by atomic mass is 10.1. The molecule has 1 rings (SSSR count). The summed E-state index contributed by atoms with van der Waals surface area (Å²) >= 11 is 3.22. The highest BCUT2D eigenvalue weighted by atomic mass is 79.9. The van der Waals surface area contributed by atoms with E-state index in [1.54, 1.807) is 24.3 Å². The van der Waals surface area contributed by atoms with E-state index in [4.69, 9.17) is 0 Å². The van der Waals surface area contributed by atoms with Crippen molar-refractivity contribution in [1.29, 1.82) is 0 Å². The molecule has 0 aromatic heterocycles. The Balaban J connectivity index is 2.83. The molecule has 0 aliphatic rings. The number of anilines is 1. The van der Waals surface area contributed by atoms with Crippen LogP contribution in [0.3, 0.4) is 0 Å². The number of carbonyl (C=O) groups is 2. The van der Waals surface area contributed by atoms with Crippen LogP contribution >= 0.6 is 15.9 Å². The van der Waals surface area contributed by atoms with Crippen molar-refractivity contribution in [2.45, 2.75) is 0 Å². The number of benzene rings is 1. The molecule has 6 heteroatoms. The highest BCUT2D eigenvalue weighted by Crippen LogP contribution is 2.14. The van der Waals surface area contributed by atoms with Crippen LogP contribution in [0.2, 0.25) is 0 Å². The molecule has 17 heavy (non-hydrogen) atoms. The number of carbonyl (C=O) groups excluding carboxylic acids is 2. The van der Waals surface area contributed by atoms with Crippen LogP contribution < -0.4 is 10.6 Å². The molecule has 0 fully saturated rings. The number of amides is 2. The van der Waals surface area contributed by atoms with E-state index in [1.807, 2.05) is 0 Å². The largest absolute Gasteiger partial charge is 0.453 e. The predicted molar refractivity (Wildman–Crippen MR) is 68.6 cm³/mol. The van der Waals surface area contributed by atoms with E-state index in [-0.39, 0.29) is 5.91 Å². The molecule has 0 saturated heterocycles. The molecule has 0 unspecified atom stereocenters. The molecular formula is C11H13BrN2O3. The average Bonchev–Trinajstić information content (AvgIpc) is 2.36. The number of hydrogen-bond donors (Lipinski definition) is 2. The van der Waals surface area contributed by atoms with E-state index < -0.39 is 6.09 Å². The quantitative estimate of drug-likeness (QED) is 0.836. The Labute approximate surface area is 108 Å². The first-order valence-electron chi connectivity index (χ1n) is 4.97. The molecule has 0 radical (unpaired) electrons. The summed E-state index contributed by atoms with van der Waals surface area (Å²) in [6.07, 6.45) is -0.606. The molecule has 1 aromatic carbocycles. The van der Waals surface area contributed by atoms with E-state index >= 15 is 0 Å². The monoisotopic (exact) mass is 300 g/mol. The molecule has 2 N–H and O–H groups in total. The first-order chi connectivity index (χ1) is 8.19. The van der Waals surface area contributed by atoms with Gasteiger partial charge >= 0.3 is 6.09 Å². The van der Waals surface area contributed by atoms with Gasteiger partial charge in [0.1, 0.15) is 0 Å². The molecule has 0 heterocycles. The van der Waals surface area contributed by atoms with Crippen LogP contribution in [0.15, 0.2) is 24.3 Å². The number of ether oxygens (including phenoxy) is 1. The molecule has 92 valence electrons. The fourth-order valence-electron chi connectivity index (χ4n) is 1.21. The van der Waals surface area contributed by atoms with Crippen LogP contribution in [-0.4, -0.2) is 31.0 Å². The van der Waals surface area contributed by atoms with Crippen LogP contribution in [0.25, 0.3) is 0 Å². The zero-order valence-corrected chi connectivity index (χ0v) is 10.9. The normalized spacial score (nSPS) is 9.53. The van der Waals surface area contributed by atoms with Gasteiger partial charge < -0.3 is 10.1 Å². The van der Waals surface area contributed by atoms with Crippen molar-refractivity contribution in [1.82, 2.24) is 5.32 Å². The Hall–Kier alpha value is -1.56. The van der Waals surface area contributed by atoms with Gasteiger partial charge in [-0.25, -0.2) is 4.79 Å². The maximum atomic E-state index is 11.8. The fraction of sp³-hybridized carbons (Fsp3) is 0.273. The number of hydrogen-bond acceptors (Lipinski definition) is 3. The molecule has 0 spiro atoms. The lowest BCUT2D eigenvalue weighted by Crippen LogP contribution is -2.26. The van der Waals surface area contributed by atoms with E-state index in [1.165, 1.54) is 7.11 Å². The Morgan fingerprint density at radius 1 is 1.35 bits per heavy atom. The fourth-order valence-corrected chi connectivity index (χ4v) is 1.41. The summed E-state index contributed by atoms with van der Waals surface area (Å²) in [6.45, 7) is 0.519. The molecule has 5 nitrogen and oxygen atoms in total. The summed E-state index contributed by atoms with van der Waals surface area (Å²) in [4.78, 5) is 22.9. The van der Waals surface area contributed by atoms with Crippen LogP contribution in [-0.2, 0) is 4.74 Å². The SMILES string of the molecule is COC(=O)Nc1ccccc1C(=O)NCCBr. The van der Waals surface area contributed by atoms with Crippen molar-refractivity contribution in [3.05, 3.63) is 29.8 Å². The minimum atomic E-state index is -0.606. The van der Waals surface area contributed by atoms with Crippen LogP contribution in [0.5, 0.6) is 0 Å². The second kappa shape index (κ2) is 6.90. The van der Waals surface area contributed by atoms with Crippen molar-refractivity contribution >= 4 is 33.6 Å². The highest BCUT2D eigenvalue weighted by molar-refractivity contribution is 9.09. The highest BCUT2D eigenvalue weighted by Gasteiger charge is 2.12. The first-order valence-corrected chi connectivity index (χ1v) is 6.09. The number of methoxy groups -OCH3 is 1.